The van der Waals surface area contributed by atoms with Crippen molar-refractivity contribution in [1.82, 2.24) is 10.2 Å². The van der Waals surface area contributed by atoms with Gasteiger partial charge >= 0.3 is 0 Å². The van der Waals surface area contributed by atoms with E-state index >= 15 is 0 Å². The second kappa shape index (κ2) is 8.31. The number of aliphatic hydroxyl groups excluding tert-OH is 1. The Kier molecular flexibility index (Phi) is 6.71. The molecule has 0 bridgehead atoms. The van der Waals surface area contributed by atoms with E-state index in [1.54, 1.807) is 36.2 Å². The van der Waals surface area contributed by atoms with Crippen molar-refractivity contribution < 1.29 is 9.90 Å². The summed E-state index contributed by atoms with van der Waals surface area (Å²) in [6.07, 6.45) is 0.232. The fraction of sp³-hybridized carbons (Fsp3) is 0.467. The van der Waals surface area contributed by atoms with Crippen molar-refractivity contribution in [2.75, 3.05) is 26.7 Å². The lowest BCUT2D eigenvalue weighted by Crippen LogP contribution is -2.37. The summed E-state index contributed by atoms with van der Waals surface area (Å²) >= 11 is 0. The van der Waals surface area contributed by atoms with Crippen molar-refractivity contribution in [3.8, 4) is 6.07 Å². The van der Waals surface area contributed by atoms with Crippen LogP contribution in [-0.4, -0.2) is 42.6 Å². The Labute approximate surface area is 119 Å². The lowest BCUT2D eigenvalue weighted by Gasteiger charge is -2.20. The predicted octanol–water partition coefficient (Wildman–Crippen LogP) is 1.05. The molecule has 1 atom stereocenters. The molecule has 0 aromatic heterocycles. The third-order valence-electron chi connectivity index (χ3n) is 2.89. The molecule has 108 valence electrons. The average Bonchev–Trinajstić information content (AvgIpc) is 2.45. The van der Waals surface area contributed by atoms with Crippen LogP contribution in [0.2, 0.25) is 0 Å². The van der Waals surface area contributed by atoms with E-state index in [1.807, 2.05) is 13.0 Å². The van der Waals surface area contributed by atoms with Gasteiger partial charge in [-0.15, -0.1) is 0 Å². The maximum Gasteiger partial charge on any atom is 0.234 e. The quantitative estimate of drug-likeness (QED) is 0.780. The number of rotatable bonds is 7. The highest BCUT2D eigenvalue weighted by Crippen LogP contribution is 2.14. The Morgan fingerprint density at radius 3 is 2.65 bits per heavy atom. The van der Waals surface area contributed by atoms with E-state index in [0.717, 1.165) is 12.0 Å². The van der Waals surface area contributed by atoms with Crippen LogP contribution < -0.4 is 5.32 Å². The van der Waals surface area contributed by atoms with Crippen LogP contribution in [0.1, 0.15) is 30.6 Å². The van der Waals surface area contributed by atoms with E-state index in [1.165, 1.54) is 0 Å². The number of amides is 1. The molecule has 1 aromatic carbocycles. The lowest BCUT2D eigenvalue weighted by atomic mass is 10.1. The van der Waals surface area contributed by atoms with Gasteiger partial charge in [0.1, 0.15) is 0 Å². The molecule has 0 saturated heterocycles. The number of hydrogen-bond donors (Lipinski definition) is 2. The highest BCUT2D eigenvalue weighted by atomic mass is 16.3. The molecule has 1 rings (SSSR count). The van der Waals surface area contributed by atoms with E-state index in [4.69, 9.17) is 5.26 Å². The summed E-state index contributed by atoms with van der Waals surface area (Å²) in [5, 5.41) is 21.6. The van der Waals surface area contributed by atoms with E-state index in [9.17, 15) is 9.90 Å². The highest BCUT2D eigenvalue weighted by molar-refractivity contribution is 5.77. The number of aliphatic hydroxyl groups is 1. The maximum absolute atomic E-state index is 11.5. The minimum Gasteiger partial charge on any atom is -0.387 e. The summed E-state index contributed by atoms with van der Waals surface area (Å²) in [5.74, 6) is -0.0404. The molecule has 0 spiro atoms. The molecular weight excluding hydrogens is 254 g/mol. The molecule has 5 heteroatoms. The Bertz CT molecular complexity index is 465. The molecule has 0 aliphatic heterocycles. The average molecular weight is 275 g/mol. The van der Waals surface area contributed by atoms with Crippen LogP contribution >= 0.6 is 0 Å². The standard InChI is InChI=1S/C15H21N3O2/c1-3-8-17-15(20)11-18(2)10-14(19)13-6-4-12(9-16)5-7-13/h4-7,14,19H,3,8,10-11H2,1-2H3,(H,17,20). The Morgan fingerprint density at radius 1 is 1.45 bits per heavy atom. The van der Waals surface area contributed by atoms with E-state index < -0.39 is 6.10 Å². The molecule has 0 heterocycles. The van der Waals surface area contributed by atoms with Gasteiger partial charge in [0.05, 0.1) is 24.3 Å². The van der Waals surface area contributed by atoms with Crippen LogP contribution in [0, 0.1) is 11.3 Å². The van der Waals surface area contributed by atoms with Crippen molar-refractivity contribution in [3.63, 3.8) is 0 Å². The number of nitrogens with one attached hydrogen (secondary N) is 1. The van der Waals surface area contributed by atoms with Gasteiger partial charge in [-0.1, -0.05) is 19.1 Å². The van der Waals surface area contributed by atoms with Crippen molar-refractivity contribution >= 4 is 5.91 Å². The Balaban J connectivity index is 2.46. The minimum atomic E-state index is -0.674. The number of benzene rings is 1. The van der Waals surface area contributed by atoms with Crippen LogP contribution in [-0.2, 0) is 4.79 Å². The Morgan fingerprint density at radius 2 is 2.10 bits per heavy atom. The number of carbonyl (C=O) groups is 1. The molecule has 1 amide bonds. The summed E-state index contributed by atoms with van der Waals surface area (Å²) in [6.45, 7) is 3.29. The second-order valence-corrected chi connectivity index (χ2v) is 4.80. The SMILES string of the molecule is CCCNC(=O)CN(C)CC(O)c1ccc(C#N)cc1. The molecule has 5 nitrogen and oxygen atoms in total. The molecule has 20 heavy (non-hydrogen) atoms. The topological polar surface area (TPSA) is 76.4 Å². The number of hydrogen-bond acceptors (Lipinski definition) is 4. The molecular formula is C15H21N3O2. The molecule has 2 N–H and O–H groups in total. The second-order valence-electron chi connectivity index (χ2n) is 4.80. The van der Waals surface area contributed by atoms with Gasteiger partial charge < -0.3 is 10.4 Å². The smallest absolute Gasteiger partial charge is 0.234 e. The number of carbonyl (C=O) groups excluding carboxylic acids is 1. The molecule has 0 radical (unpaired) electrons. The summed E-state index contributed by atoms with van der Waals surface area (Å²) < 4.78 is 0. The first-order valence-electron chi connectivity index (χ1n) is 6.70. The highest BCUT2D eigenvalue weighted by Gasteiger charge is 2.13. The van der Waals surface area contributed by atoms with E-state index in [-0.39, 0.29) is 12.5 Å². The van der Waals surface area contributed by atoms with Gasteiger partial charge in [-0.3, -0.25) is 9.69 Å². The number of nitriles is 1. The number of likely N-dealkylation sites (N-methyl/N-ethyl adjacent to an activating group) is 1. The van der Waals surface area contributed by atoms with Gasteiger partial charge in [-0.2, -0.15) is 5.26 Å². The van der Waals surface area contributed by atoms with Crippen LogP contribution in [0.4, 0.5) is 0 Å². The Hall–Kier alpha value is -1.90. The summed E-state index contributed by atoms with van der Waals surface area (Å²) in [7, 11) is 1.79. The number of nitrogens with zero attached hydrogens (tertiary/aromatic N) is 2. The first-order chi connectivity index (χ1) is 9.56. The van der Waals surface area contributed by atoms with Gasteiger partial charge in [0.2, 0.25) is 5.91 Å². The van der Waals surface area contributed by atoms with E-state index in [0.29, 0.717) is 18.7 Å². The molecule has 1 unspecified atom stereocenters. The zero-order valence-corrected chi connectivity index (χ0v) is 12.0. The van der Waals surface area contributed by atoms with Crippen LogP contribution in [0.15, 0.2) is 24.3 Å². The van der Waals surface area contributed by atoms with Crippen molar-refractivity contribution in [2.24, 2.45) is 0 Å². The third-order valence-corrected chi connectivity index (χ3v) is 2.89. The fourth-order valence-corrected chi connectivity index (χ4v) is 1.81. The first kappa shape index (κ1) is 16.2. The van der Waals surface area contributed by atoms with Gasteiger partial charge in [0.25, 0.3) is 0 Å². The zero-order chi connectivity index (χ0) is 15.0. The molecule has 1 aromatic rings. The maximum atomic E-state index is 11.5. The molecule has 0 aliphatic carbocycles. The van der Waals surface area contributed by atoms with Crippen LogP contribution in [0.25, 0.3) is 0 Å². The molecule has 0 aliphatic rings. The predicted molar refractivity (Wildman–Crippen MR) is 76.9 cm³/mol. The normalized spacial score (nSPS) is 11.9. The van der Waals surface area contributed by atoms with Gasteiger partial charge in [-0.25, -0.2) is 0 Å². The zero-order valence-electron chi connectivity index (χ0n) is 12.0. The summed E-state index contributed by atoms with van der Waals surface area (Å²) in [4.78, 5) is 13.3. The lowest BCUT2D eigenvalue weighted by molar-refractivity contribution is -0.122. The monoisotopic (exact) mass is 275 g/mol. The van der Waals surface area contributed by atoms with Crippen LogP contribution in [0.3, 0.4) is 0 Å². The van der Waals surface area contributed by atoms with E-state index in [2.05, 4.69) is 5.32 Å². The summed E-state index contributed by atoms with van der Waals surface area (Å²) in [5.41, 5.74) is 1.30. The summed E-state index contributed by atoms with van der Waals surface area (Å²) in [6, 6.07) is 8.84. The molecule has 0 fully saturated rings. The third kappa shape index (κ3) is 5.39. The van der Waals surface area contributed by atoms with Gasteiger partial charge in [0.15, 0.2) is 0 Å². The molecule has 0 saturated carbocycles. The van der Waals surface area contributed by atoms with Crippen molar-refractivity contribution in [3.05, 3.63) is 35.4 Å². The van der Waals surface area contributed by atoms with Crippen LogP contribution in [0.5, 0.6) is 0 Å². The van der Waals surface area contributed by atoms with Crippen molar-refractivity contribution in [1.29, 1.82) is 5.26 Å². The largest absolute Gasteiger partial charge is 0.387 e. The minimum absolute atomic E-state index is 0.0404. The fourth-order valence-electron chi connectivity index (χ4n) is 1.81. The van der Waals surface area contributed by atoms with Crippen molar-refractivity contribution in [2.45, 2.75) is 19.4 Å². The van der Waals surface area contributed by atoms with Gasteiger partial charge in [0, 0.05) is 13.1 Å². The first-order valence-corrected chi connectivity index (χ1v) is 6.70. The van der Waals surface area contributed by atoms with Gasteiger partial charge in [-0.05, 0) is 31.2 Å².